The normalized spacial score (nSPS) is 19.5. The number of thiophene rings is 1. The highest BCUT2D eigenvalue weighted by Gasteiger charge is 2.25. The lowest BCUT2D eigenvalue weighted by Gasteiger charge is -2.25. The summed E-state index contributed by atoms with van der Waals surface area (Å²) in [7, 11) is 0. The Morgan fingerprint density at radius 2 is 2.12 bits per heavy atom. The maximum absolute atomic E-state index is 12.2. The number of carbonyl (C=O) groups is 2. The Kier molecular flexibility index (Phi) is 2.74. The molecular formula is C13H15NO2S. The summed E-state index contributed by atoms with van der Waals surface area (Å²) in [4.78, 5) is 27.5. The summed E-state index contributed by atoms with van der Waals surface area (Å²) in [5.74, 6) is 0.242. The molecule has 4 heteroatoms. The van der Waals surface area contributed by atoms with Crippen LogP contribution in [-0.2, 0) is 17.6 Å². The molecule has 1 aliphatic heterocycles. The van der Waals surface area contributed by atoms with E-state index in [-0.39, 0.29) is 11.7 Å². The van der Waals surface area contributed by atoms with Crippen molar-refractivity contribution in [2.24, 2.45) is 0 Å². The second-order valence-corrected chi connectivity index (χ2v) is 5.92. The van der Waals surface area contributed by atoms with Crippen molar-refractivity contribution in [2.45, 2.75) is 32.1 Å². The van der Waals surface area contributed by atoms with Crippen LogP contribution in [0.3, 0.4) is 0 Å². The quantitative estimate of drug-likeness (QED) is 0.764. The molecule has 0 unspecified atom stereocenters. The highest BCUT2D eigenvalue weighted by Crippen LogP contribution is 2.31. The van der Waals surface area contributed by atoms with Crippen molar-refractivity contribution in [1.82, 2.24) is 4.90 Å². The molecule has 0 saturated carbocycles. The van der Waals surface area contributed by atoms with Gasteiger partial charge in [-0.05, 0) is 37.3 Å². The number of piperidine rings is 1. The molecule has 0 bridgehead atoms. The van der Waals surface area contributed by atoms with E-state index in [0.717, 1.165) is 30.7 Å². The zero-order valence-corrected chi connectivity index (χ0v) is 10.5. The molecule has 1 amide bonds. The number of carbonyl (C=O) groups excluding carboxylic acids is 2. The van der Waals surface area contributed by atoms with Crippen LogP contribution < -0.4 is 0 Å². The SMILES string of the molecule is O=C1CCCN(C(=O)c2cc3c(s2)CCC3)C1. The van der Waals surface area contributed by atoms with Gasteiger partial charge < -0.3 is 4.90 Å². The Bertz CT molecular complexity index is 456. The molecule has 1 saturated heterocycles. The van der Waals surface area contributed by atoms with E-state index in [0.29, 0.717) is 13.0 Å². The molecule has 0 radical (unpaired) electrons. The first-order chi connectivity index (χ1) is 8.24. The number of amides is 1. The fraction of sp³-hybridized carbons (Fsp3) is 0.538. The van der Waals surface area contributed by atoms with Crippen molar-refractivity contribution in [3.63, 3.8) is 0 Å². The number of hydrogen-bond acceptors (Lipinski definition) is 3. The summed E-state index contributed by atoms with van der Waals surface area (Å²) in [6.07, 6.45) is 4.89. The van der Waals surface area contributed by atoms with Crippen LogP contribution in [0.25, 0.3) is 0 Å². The third-order valence-corrected chi connectivity index (χ3v) is 4.72. The third-order valence-electron chi connectivity index (χ3n) is 3.50. The second-order valence-electron chi connectivity index (χ2n) is 4.78. The molecule has 2 heterocycles. The molecule has 1 fully saturated rings. The van der Waals surface area contributed by atoms with Crippen LogP contribution in [-0.4, -0.2) is 29.7 Å². The predicted molar refractivity (Wildman–Crippen MR) is 66.5 cm³/mol. The van der Waals surface area contributed by atoms with Crippen LogP contribution in [0.5, 0.6) is 0 Å². The van der Waals surface area contributed by atoms with Gasteiger partial charge in [0.2, 0.25) is 0 Å². The lowest BCUT2D eigenvalue weighted by atomic mass is 10.1. The van der Waals surface area contributed by atoms with Crippen LogP contribution >= 0.6 is 11.3 Å². The highest BCUT2D eigenvalue weighted by atomic mass is 32.1. The number of aryl methyl sites for hydroxylation is 2. The van der Waals surface area contributed by atoms with E-state index < -0.39 is 0 Å². The third kappa shape index (κ3) is 2.02. The van der Waals surface area contributed by atoms with Crippen LogP contribution in [0.2, 0.25) is 0 Å². The summed E-state index contributed by atoms with van der Waals surface area (Å²) >= 11 is 1.62. The fourth-order valence-corrected chi connectivity index (χ4v) is 3.82. The standard InChI is InChI=1S/C13H15NO2S/c15-10-4-2-6-14(8-10)13(16)12-7-9-3-1-5-11(9)17-12/h7H,1-6,8H2. The molecule has 17 heavy (non-hydrogen) atoms. The van der Waals surface area contributed by atoms with Crippen LogP contribution in [0.1, 0.15) is 39.4 Å². The minimum Gasteiger partial charge on any atom is -0.331 e. The number of Topliss-reactive ketones (excluding diaryl/α,β-unsaturated/α-hetero) is 1. The number of fused-ring (bicyclic) bond motifs is 1. The van der Waals surface area contributed by atoms with E-state index in [4.69, 9.17) is 0 Å². The van der Waals surface area contributed by atoms with Crippen molar-refractivity contribution in [3.05, 3.63) is 21.4 Å². The zero-order chi connectivity index (χ0) is 11.8. The number of rotatable bonds is 1. The summed E-state index contributed by atoms with van der Waals surface area (Å²) in [5.41, 5.74) is 1.35. The van der Waals surface area contributed by atoms with Crippen molar-refractivity contribution in [2.75, 3.05) is 13.1 Å². The fourth-order valence-electron chi connectivity index (χ4n) is 2.60. The molecule has 0 atom stereocenters. The van der Waals surface area contributed by atoms with E-state index in [9.17, 15) is 9.59 Å². The Balaban J connectivity index is 1.78. The van der Waals surface area contributed by atoms with Gasteiger partial charge in [0, 0.05) is 17.8 Å². The van der Waals surface area contributed by atoms with Gasteiger partial charge in [-0.1, -0.05) is 0 Å². The number of nitrogens with zero attached hydrogens (tertiary/aromatic N) is 1. The first-order valence-corrected chi connectivity index (χ1v) is 6.98. The molecular weight excluding hydrogens is 234 g/mol. The summed E-state index contributed by atoms with van der Waals surface area (Å²) in [5, 5.41) is 0. The summed E-state index contributed by atoms with van der Waals surface area (Å²) in [6.45, 7) is 1.04. The van der Waals surface area contributed by atoms with Crippen molar-refractivity contribution < 1.29 is 9.59 Å². The van der Waals surface area contributed by atoms with Gasteiger partial charge in [0.15, 0.2) is 5.78 Å². The Morgan fingerprint density at radius 3 is 2.88 bits per heavy atom. The largest absolute Gasteiger partial charge is 0.331 e. The Hall–Kier alpha value is -1.16. The Morgan fingerprint density at radius 1 is 1.24 bits per heavy atom. The molecule has 1 aromatic rings. The van der Waals surface area contributed by atoms with Gasteiger partial charge in [0.1, 0.15) is 0 Å². The topological polar surface area (TPSA) is 37.4 Å². The van der Waals surface area contributed by atoms with Gasteiger partial charge in [0.25, 0.3) is 5.91 Å². The maximum atomic E-state index is 12.2. The lowest BCUT2D eigenvalue weighted by Crippen LogP contribution is -2.39. The van der Waals surface area contributed by atoms with Gasteiger partial charge >= 0.3 is 0 Å². The predicted octanol–water partition coefficient (Wildman–Crippen LogP) is 2.04. The monoisotopic (exact) mass is 249 g/mol. The molecule has 0 N–H and O–H groups in total. The number of hydrogen-bond donors (Lipinski definition) is 0. The van der Waals surface area contributed by atoms with E-state index >= 15 is 0 Å². The molecule has 3 rings (SSSR count). The average molecular weight is 249 g/mol. The smallest absolute Gasteiger partial charge is 0.264 e. The number of ketones is 1. The molecule has 90 valence electrons. The van der Waals surface area contributed by atoms with E-state index in [2.05, 4.69) is 0 Å². The molecule has 3 nitrogen and oxygen atoms in total. The molecule has 0 aromatic carbocycles. The van der Waals surface area contributed by atoms with Gasteiger partial charge in [-0.15, -0.1) is 11.3 Å². The molecule has 0 spiro atoms. The summed E-state index contributed by atoms with van der Waals surface area (Å²) in [6, 6.07) is 2.04. The van der Waals surface area contributed by atoms with Gasteiger partial charge in [-0.2, -0.15) is 0 Å². The minimum absolute atomic E-state index is 0.0532. The van der Waals surface area contributed by atoms with E-state index in [1.165, 1.54) is 16.9 Å². The van der Waals surface area contributed by atoms with Crippen molar-refractivity contribution in [1.29, 1.82) is 0 Å². The lowest BCUT2D eigenvalue weighted by molar-refractivity contribution is -0.121. The second kappa shape index (κ2) is 4.26. The molecule has 1 aliphatic carbocycles. The number of likely N-dealkylation sites (tertiary alicyclic amines) is 1. The maximum Gasteiger partial charge on any atom is 0.264 e. The molecule has 1 aromatic heterocycles. The summed E-state index contributed by atoms with van der Waals surface area (Å²) < 4.78 is 0. The van der Waals surface area contributed by atoms with Crippen LogP contribution in [0.15, 0.2) is 6.07 Å². The first kappa shape index (κ1) is 11.0. The zero-order valence-electron chi connectivity index (χ0n) is 9.70. The van der Waals surface area contributed by atoms with Crippen LogP contribution in [0, 0.1) is 0 Å². The average Bonchev–Trinajstić information content (AvgIpc) is 2.88. The van der Waals surface area contributed by atoms with Gasteiger partial charge in [-0.25, -0.2) is 0 Å². The van der Waals surface area contributed by atoms with Gasteiger partial charge in [-0.3, -0.25) is 9.59 Å². The van der Waals surface area contributed by atoms with Gasteiger partial charge in [0.05, 0.1) is 11.4 Å². The highest BCUT2D eigenvalue weighted by molar-refractivity contribution is 7.14. The van der Waals surface area contributed by atoms with E-state index in [1.807, 2.05) is 6.07 Å². The minimum atomic E-state index is 0.0532. The first-order valence-electron chi connectivity index (χ1n) is 6.16. The van der Waals surface area contributed by atoms with E-state index in [1.54, 1.807) is 16.2 Å². The van der Waals surface area contributed by atoms with Crippen molar-refractivity contribution >= 4 is 23.0 Å². The Labute approximate surface area is 104 Å². The van der Waals surface area contributed by atoms with Crippen molar-refractivity contribution in [3.8, 4) is 0 Å². The molecule has 2 aliphatic rings. The van der Waals surface area contributed by atoms with Crippen LogP contribution in [0.4, 0.5) is 0 Å².